The van der Waals surface area contributed by atoms with Crippen molar-refractivity contribution in [3.8, 4) is 0 Å². The number of rotatable bonds is 62. The highest BCUT2D eigenvalue weighted by molar-refractivity contribution is 5.95. The fourth-order valence-corrected chi connectivity index (χ4v) is 11.3. The Balaban J connectivity index is 0.000000348. The summed E-state index contributed by atoms with van der Waals surface area (Å²) in [6, 6.07) is 52.6. The molecule has 0 amide bonds. The highest BCUT2D eigenvalue weighted by Gasteiger charge is 2.24. The van der Waals surface area contributed by atoms with Gasteiger partial charge in [-0.05, 0) is 226 Å². The molecular weight excluding hydrogens is 1940 g/mol. The van der Waals surface area contributed by atoms with Gasteiger partial charge in [-0.1, -0.05) is 70.8 Å². The third-order valence-electron chi connectivity index (χ3n) is 19.4. The molecule has 8 N–H and O–H groups in total. The molecule has 8 aromatic carbocycles. The summed E-state index contributed by atoms with van der Waals surface area (Å²) in [6.45, 7) is 10.2. The molecule has 0 aliphatic carbocycles. The maximum absolute atomic E-state index is 12.0. The first-order valence-corrected chi connectivity index (χ1v) is 47.1. The van der Waals surface area contributed by atoms with Gasteiger partial charge >= 0.3 is 95.5 Å². The SMILES string of the molecule is Cc1ccc(C(=O)OC(C)C(=O)OCCOCCOC(=O)C(C)OC(=O)c2ccc(N)cc2)cc1.Cc1ccc(C(=O)OCC(=O)OCCOCCOC(=O)COC(=O)c2ccc(N)cc2)cc1.Cc1ccc(C(=O)OCCCCCC(=O)OCCOCCOC(=O)CCCCCOC(=O)c2ccc(N)cc2)cc1.Cc1ccc(C(=O)OCCOCC(=O)OCCOCCOC(=O)COCCOC(=O)c2ccc(N)cc2)cc1. The molecule has 0 saturated heterocycles. The van der Waals surface area contributed by atoms with E-state index in [2.05, 4.69) is 0 Å². The Morgan fingerprint density at radius 2 is 0.378 bits per heavy atom. The zero-order chi connectivity index (χ0) is 108. The molecule has 0 aliphatic heterocycles. The molecule has 148 heavy (non-hydrogen) atoms. The largest absolute Gasteiger partial charge is 0.463 e. The van der Waals surface area contributed by atoms with E-state index in [1.165, 1.54) is 38.1 Å². The lowest BCUT2D eigenvalue weighted by molar-refractivity contribution is -0.156. The van der Waals surface area contributed by atoms with Crippen LogP contribution < -0.4 is 22.9 Å². The van der Waals surface area contributed by atoms with Crippen molar-refractivity contribution in [1.29, 1.82) is 0 Å². The van der Waals surface area contributed by atoms with Gasteiger partial charge in [0.15, 0.2) is 25.4 Å². The number of aryl methyl sites for hydroxylation is 4. The van der Waals surface area contributed by atoms with E-state index >= 15 is 0 Å². The van der Waals surface area contributed by atoms with Crippen molar-refractivity contribution in [3.63, 3.8) is 0 Å². The Morgan fingerprint density at radius 1 is 0.189 bits per heavy atom. The summed E-state index contributed by atoms with van der Waals surface area (Å²) in [7, 11) is 0. The molecule has 8 aromatic rings. The maximum Gasteiger partial charge on any atom is 0.347 e. The van der Waals surface area contributed by atoms with Gasteiger partial charge in [0.25, 0.3) is 0 Å². The van der Waals surface area contributed by atoms with Crippen molar-refractivity contribution >= 4 is 118 Å². The number of carbonyl (C=O) groups excluding carboxylic acids is 16. The molecule has 42 heteroatoms. The molecule has 8 rings (SSSR count). The summed E-state index contributed by atoms with van der Waals surface area (Å²) in [5, 5.41) is 0. The lowest BCUT2D eigenvalue weighted by Gasteiger charge is -2.14. The van der Waals surface area contributed by atoms with Crippen LogP contribution in [0.1, 0.15) is 170 Å². The topological polar surface area (TPSA) is 580 Å². The number of hydrogen-bond acceptors (Lipinski definition) is 42. The fraction of sp³-hybridized carbons (Fsp3) is 0.396. The van der Waals surface area contributed by atoms with Gasteiger partial charge in [0.1, 0.15) is 79.3 Å². The molecule has 0 heterocycles. The van der Waals surface area contributed by atoms with Crippen LogP contribution in [0.3, 0.4) is 0 Å². The number of nitrogens with two attached hydrogens (primary N) is 4. The minimum atomic E-state index is -1.11. The van der Waals surface area contributed by atoms with E-state index in [0.717, 1.165) is 35.1 Å². The van der Waals surface area contributed by atoms with Crippen LogP contribution in [0, 0.1) is 27.7 Å². The highest BCUT2D eigenvalue weighted by atomic mass is 16.7. The highest BCUT2D eigenvalue weighted by Crippen LogP contribution is 2.17. The number of unbranched alkanes of at least 4 members (excludes halogenated alkanes) is 4. The second-order valence-corrected chi connectivity index (χ2v) is 31.6. The molecule has 0 aromatic heterocycles. The monoisotopic (exact) mass is 2060 g/mol. The van der Waals surface area contributed by atoms with E-state index in [9.17, 15) is 76.7 Å². The standard InChI is InChI=1S/C31H41NO9.C27H33NO11.C25H29NO9.C23H25NO9/c1-24-10-12-25(13-11-24)30(35)40-18-6-2-4-8-28(33)38-22-20-37-21-23-39-29(34)9-5-3-7-19-41-31(36)26-14-16-27(32)17-15-26;1-20-2-4-21(5-3-20)26(31)38-16-12-34-18-24(29)36-14-10-33-11-15-37-25(30)19-35-13-17-39-27(32)22-6-8-23(28)9-7-22;1-16-4-6-19(7-5-16)24(29)34-17(2)22(27)32-14-12-31-13-15-33-23(28)18(3)35-25(30)20-8-10-21(26)11-9-20;1-16-2-4-17(5-3-16)22(27)32-14-20(25)30-12-10-29-11-13-31-21(26)15-33-23(28)18-6-8-19(24)9-7-18/h10-17H,2-9,18-23,32H2,1H3;2-9H,10-19,28H2,1H3;4-11,17-18H,12-15,26H2,1-3H3;2-9H,10-15,24H2,1H3. The molecule has 0 fully saturated rings. The van der Waals surface area contributed by atoms with E-state index in [1.807, 2.05) is 52.0 Å². The fourth-order valence-electron chi connectivity index (χ4n) is 11.3. The molecule has 42 nitrogen and oxygen atoms in total. The van der Waals surface area contributed by atoms with E-state index in [-0.39, 0.29) is 194 Å². The first kappa shape index (κ1) is 123. The van der Waals surface area contributed by atoms with Gasteiger partial charge in [0.05, 0.1) is 124 Å². The summed E-state index contributed by atoms with van der Waals surface area (Å²) in [5.41, 5.74) is 31.5. The van der Waals surface area contributed by atoms with Gasteiger partial charge in [0.2, 0.25) is 0 Å². The normalized spacial score (nSPS) is 10.9. The molecule has 0 radical (unpaired) electrons. The van der Waals surface area contributed by atoms with Crippen LogP contribution in [0.5, 0.6) is 0 Å². The predicted octanol–water partition coefficient (Wildman–Crippen LogP) is 10.7. The molecule has 0 saturated carbocycles. The lowest BCUT2D eigenvalue weighted by Crippen LogP contribution is -2.28. The average molecular weight is 2070 g/mol. The summed E-state index contributed by atoms with van der Waals surface area (Å²) in [6.07, 6.45) is 2.46. The number of hydrogen-bond donors (Lipinski definition) is 4. The second-order valence-electron chi connectivity index (χ2n) is 31.6. The number of anilines is 4. The van der Waals surface area contributed by atoms with Gasteiger partial charge in [-0.15, -0.1) is 0 Å². The van der Waals surface area contributed by atoms with Crippen molar-refractivity contribution in [2.75, 3.05) is 195 Å². The van der Waals surface area contributed by atoms with Crippen LogP contribution in [0.2, 0.25) is 0 Å². The second kappa shape index (κ2) is 73.3. The minimum Gasteiger partial charge on any atom is -0.463 e. The number of nitrogen functional groups attached to an aromatic ring is 4. The van der Waals surface area contributed by atoms with Crippen LogP contribution >= 0.6 is 0 Å². The number of carbonyl (C=O) groups is 16. The van der Waals surface area contributed by atoms with Crippen molar-refractivity contribution in [2.45, 2.75) is 105 Å². The van der Waals surface area contributed by atoms with Crippen LogP contribution in [-0.2, 0) is 143 Å². The van der Waals surface area contributed by atoms with E-state index < -0.39 is 103 Å². The van der Waals surface area contributed by atoms with Gasteiger partial charge in [-0.2, -0.15) is 0 Å². The van der Waals surface area contributed by atoms with Gasteiger partial charge in [-0.25, -0.2) is 67.1 Å². The quantitative estimate of drug-likeness (QED) is 0.0119. The van der Waals surface area contributed by atoms with Crippen LogP contribution in [-0.4, -0.2) is 279 Å². The Kier molecular flexibility index (Phi) is 60.8. The van der Waals surface area contributed by atoms with Crippen LogP contribution in [0.4, 0.5) is 22.7 Å². The molecular formula is C106H128N4O38. The van der Waals surface area contributed by atoms with Crippen LogP contribution in [0.15, 0.2) is 194 Å². The van der Waals surface area contributed by atoms with Gasteiger partial charge < -0.3 is 127 Å². The molecule has 2 atom stereocenters. The van der Waals surface area contributed by atoms with E-state index in [4.69, 9.17) is 127 Å². The average Bonchev–Trinajstić information content (AvgIpc) is 0.880. The first-order chi connectivity index (χ1) is 71.2. The molecule has 2 unspecified atom stereocenters. The Labute approximate surface area is 855 Å². The minimum absolute atomic E-state index is 0.00323. The summed E-state index contributed by atoms with van der Waals surface area (Å²) >= 11 is 0. The van der Waals surface area contributed by atoms with Crippen molar-refractivity contribution in [1.82, 2.24) is 0 Å². The first-order valence-electron chi connectivity index (χ1n) is 47.1. The number of esters is 16. The Morgan fingerprint density at radius 3 is 0.628 bits per heavy atom. The third kappa shape index (κ3) is 56.5. The smallest absolute Gasteiger partial charge is 0.347 e. The van der Waals surface area contributed by atoms with Crippen molar-refractivity contribution in [2.24, 2.45) is 0 Å². The summed E-state index contributed by atoms with van der Waals surface area (Å²) < 4.78 is 111. The molecule has 0 spiro atoms. The summed E-state index contributed by atoms with van der Waals surface area (Å²) in [4.78, 5) is 189. The predicted molar refractivity (Wildman–Crippen MR) is 529 cm³/mol. The number of benzene rings is 8. The summed E-state index contributed by atoms with van der Waals surface area (Å²) in [5.74, 6) is -9.02. The Hall–Kier alpha value is -15.8. The van der Waals surface area contributed by atoms with Gasteiger partial charge in [0, 0.05) is 35.6 Å². The molecule has 800 valence electrons. The van der Waals surface area contributed by atoms with E-state index in [1.54, 1.807) is 146 Å². The Bertz CT molecular complexity index is 5050. The molecule has 0 bridgehead atoms. The van der Waals surface area contributed by atoms with Crippen molar-refractivity contribution < 1.29 is 181 Å². The van der Waals surface area contributed by atoms with Crippen LogP contribution in [0.25, 0.3) is 0 Å². The lowest BCUT2D eigenvalue weighted by atomic mass is 10.1. The van der Waals surface area contributed by atoms with Gasteiger partial charge in [-0.3, -0.25) is 9.59 Å². The zero-order valence-electron chi connectivity index (χ0n) is 83.5. The third-order valence-corrected chi connectivity index (χ3v) is 19.4. The van der Waals surface area contributed by atoms with Crippen molar-refractivity contribution in [3.05, 3.63) is 261 Å². The number of ether oxygens (including phenoxy) is 22. The van der Waals surface area contributed by atoms with E-state index in [0.29, 0.717) is 88.4 Å². The maximum atomic E-state index is 12.0. The molecule has 0 aliphatic rings. The zero-order valence-corrected chi connectivity index (χ0v) is 83.5.